The Morgan fingerprint density at radius 2 is 2.06 bits per heavy atom. The highest BCUT2D eigenvalue weighted by atomic mass is 16.5. The molecule has 1 saturated heterocycles. The van der Waals surface area contributed by atoms with E-state index in [-0.39, 0.29) is 0 Å². The van der Waals surface area contributed by atoms with Crippen LogP contribution in [0.25, 0.3) is 0 Å². The fourth-order valence-corrected chi connectivity index (χ4v) is 1.84. The standard InChI is InChI=1S/C11H20N2O5/c1-13(6-8-2-4-18-5-3-8)11(17)12-9(7-14)10(15)16/h8-9,14H,2-7H2,1H3,(H,12,17)(H,15,16)/t9-/m0/s1. The Balaban J connectivity index is 2.37. The molecule has 1 aliphatic rings. The molecule has 7 heteroatoms. The molecular weight excluding hydrogens is 240 g/mol. The maximum atomic E-state index is 11.7. The summed E-state index contributed by atoms with van der Waals surface area (Å²) in [5.41, 5.74) is 0. The van der Waals surface area contributed by atoms with Crippen LogP contribution in [0.3, 0.4) is 0 Å². The van der Waals surface area contributed by atoms with Crippen LogP contribution in [0.4, 0.5) is 4.79 Å². The Bertz CT molecular complexity index is 291. The highest BCUT2D eigenvalue weighted by Gasteiger charge is 2.23. The summed E-state index contributed by atoms with van der Waals surface area (Å²) in [6.07, 6.45) is 1.81. The van der Waals surface area contributed by atoms with Crippen LogP contribution in [0.5, 0.6) is 0 Å². The molecule has 0 unspecified atom stereocenters. The summed E-state index contributed by atoms with van der Waals surface area (Å²) < 4.78 is 5.23. The maximum absolute atomic E-state index is 11.7. The average Bonchev–Trinajstić information content (AvgIpc) is 2.36. The topological polar surface area (TPSA) is 99.1 Å². The van der Waals surface area contributed by atoms with Crippen molar-refractivity contribution in [2.75, 3.05) is 33.4 Å². The Hall–Kier alpha value is -1.34. The Kier molecular flexibility index (Phi) is 5.87. The van der Waals surface area contributed by atoms with Gasteiger partial charge in [0.25, 0.3) is 0 Å². The van der Waals surface area contributed by atoms with Gasteiger partial charge in [-0.1, -0.05) is 0 Å². The van der Waals surface area contributed by atoms with E-state index < -0.39 is 24.6 Å². The molecule has 3 N–H and O–H groups in total. The predicted octanol–water partition coefficient (Wildman–Crippen LogP) is -0.500. The van der Waals surface area contributed by atoms with Crippen molar-refractivity contribution in [2.24, 2.45) is 5.92 Å². The van der Waals surface area contributed by atoms with Gasteiger partial charge >= 0.3 is 12.0 Å². The van der Waals surface area contributed by atoms with Gasteiger partial charge in [-0.2, -0.15) is 0 Å². The summed E-state index contributed by atoms with van der Waals surface area (Å²) in [5, 5.41) is 19.8. The van der Waals surface area contributed by atoms with Crippen molar-refractivity contribution in [3.05, 3.63) is 0 Å². The fraction of sp³-hybridized carbons (Fsp3) is 0.818. The number of aliphatic hydroxyl groups excluding tert-OH is 1. The van der Waals surface area contributed by atoms with E-state index in [2.05, 4.69) is 5.32 Å². The molecule has 0 aromatic rings. The number of urea groups is 1. The maximum Gasteiger partial charge on any atom is 0.328 e. The van der Waals surface area contributed by atoms with E-state index in [0.717, 1.165) is 12.8 Å². The lowest BCUT2D eigenvalue weighted by molar-refractivity contribution is -0.140. The van der Waals surface area contributed by atoms with Gasteiger partial charge in [0, 0.05) is 26.8 Å². The molecule has 0 spiro atoms. The zero-order valence-electron chi connectivity index (χ0n) is 10.5. The van der Waals surface area contributed by atoms with Gasteiger partial charge in [0.2, 0.25) is 0 Å². The first kappa shape index (κ1) is 14.7. The third-order valence-corrected chi connectivity index (χ3v) is 3.00. The third-order valence-electron chi connectivity index (χ3n) is 3.00. The van der Waals surface area contributed by atoms with Gasteiger partial charge in [0.1, 0.15) is 0 Å². The smallest absolute Gasteiger partial charge is 0.328 e. The molecule has 104 valence electrons. The zero-order valence-corrected chi connectivity index (χ0v) is 10.5. The quantitative estimate of drug-likeness (QED) is 0.619. The molecule has 0 aromatic heterocycles. The summed E-state index contributed by atoms with van der Waals surface area (Å²) >= 11 is 0. The second-order valence-electron chi connectivity index (χ2n) is 4.46. The van der Waals surface area contributed by atoms with E-state index in [1.54, 1.807) is 7.05 Å². The number of amides is 2. The number of hydrogen-bond acceptors (Lipinski definition) is 4. The average molecular weight is 260 g/mol. The van der Waals surface area contributed by atoms with Crippen molar-refractivity contribution >= 4 is 12.0 Å². The monoisotopic (exact) mass is 260 g/mol. The minimum Gasteiger partial charge on any atom is -0.480 e. The number of carbonyl (C=O) groups is 2. The summed E-state index contributed by atoms with van der Waals surface area (Å²) in [6, 6.07) is -1.74. The van der Waals surface area contributed by atoms with E-state index in [4.69, 9.17) is 14.9 Å². The molecule has 0 aliphatic carbocycles. The molecule has 2 amide bonds. The minimum absolute atomic E-state index is 0.381. The van der Waals surface area contributed by atoms with Crippen molar-refractivity contribution < 1.29 is 24.5 Å². The van der Waals surface area contributed by atoms with Crippen molar-refractivity contribution in [3.8, 4) is 0 Å². The SMILES string of the molecule is CN(CC1CCOCC1)C(=O)N[C@@H](CO)C(=O)O. The van der Waals surface area contributed by atoms with Crippen LogP contribution in [0, 0.1) is 5.92 Å². The molecular formula is C11H20N2O5. The third kappa shape index (κ3) is 4.50. The number of aliphatic hydroxyl groups is 1. The molecule has 18 heavy (non-hydrogen) atoms. The molecule has 1 fully saturated rings. The van der Waals surface area contributed by atoms with Crippen LogP contribution in [-0.2, 0) is 9.53 Å². The lowest BCUT2D eigenvalue weighted by atomic mass is 10.00. The van der Waals surface area contributed by atoms with Crippen molar-refractivity contribution in [1.82, 2.24) is 10.2 Å². The lowest BCUT2D eigenvalue weighted by Crippen LogP contribution is -2.49. The number of carbonyl (C=O) groups excluding carboxylic acids is 1. The summed E-state index contributed by atoms with van der Waals surface area (Å²) in [7, 11) is 1.61. The van der Waals surface area contributed by atoms with Gasteiger partial charge in [-0.25, -0.2) is 9.59 Å². The Morgan fingerprint density at radius 1 is 1.44 bits per heavy atom. The Morgan fingerprint density at radius 3 is 2.56 bits per heavy atom. The number of rotatable bonds is 5. The number of carboxylic acids is 1. The molecule has 7 nitrogen and oxygen atoms in total. The van der Waals surface area contributed by atoms with Gasteiger partial charge in [0.15, 0.2) is 6.04 Å². The Labute approximate surface area is 106 Å². The normalized spacial score (nSPS) is 18.1. The minimum atomic E-state index is -1.25. The number of nitrogens with zero attached hydrogens (tertiary/aromatic N) is 1. The van der Waals surface area contributed by atoms with Crippen LogP contribution in [0.1, 0.15) is 12.8 Å². The van der Waals surface area contributed by atoms with Crippen molar-refractivity contribution in [2.45, 2.75) is 18.9 Å². The molecule has 0 aromatic carbocycles. The number of ether oxygens (including phenoxy) is 1. The summed E-state index contributed by atoms with van der Waals surface area (Å²) in [5.74, 6) is -0.864. The zero-order chi connectivity index (χ0) is 13.5. The molecule has 0 radical (unpaired) electrons. The summed E-state index contributed by atoms with van der Waals surface area (Å²) in [6.45, 7) is 1.35. The largest absolute Gasteiger partial charge is 0.480 e. The number of aliphatic carboxylic acids is 1. The van der Waals surface area contributed by atoms with Crippen LogP contribution in [-0.4, -0.2) is 66.6 Å². The molecule has 0 saturated carbocycles. The molecule has 1 atom stereocenters. The number of nitrogens with one attached hydrogen (secondary N) is 1. The molecule has 0 bridgehead atoms. The van der Waals surface area contributed by atoms with Gasteiger partial charge in [0.05, 0.1) is 6.61 Å². The summed E-state index contributed by atoms with van der Waals surface area (Å²) in [4.78, 5) is 23.8. The van der Waals surface area contributed by atoms with Crippen LogP contribution >= 0.6 is 0 Å². The molecule has 1 aliphatic heterocycles. The van der Waals surface area contributed by atoms with E-state index in [0.29, 0.717) is 25.7 Å². The van der Waals surface area contributed by atoms with E-state index in [9.17, 15) is 9.59 Å². The number of carboxylic acid groups (broad SMARTS) is 1. The van der Waals surface area contributed by atoms with Gasteiger partial charge < -0.3 is 25.2 Å². The van der Waals surface area contributed by atoms with Crippen molar-refractivity contribution in [1.29, 1.82) is 0 Å². The molecule has 1 heterocycles. The fourth-order valence-electron chi connectivity index (χ4n) is 1.84. The van der Waals surface area contributed by atoms with E-state index in [1.165, 1.54) is 4.90 Å². The van der Waals surface area contributed by atoms with E-state index in [1.807, 2.05) is 0 Å². The number of hydrogen-bond donors (Lipinski definition) is 3. The van der Waals surface area contributed by atoms with Crippen LogP contribution in [0.15, 0.2) is 0 Å². The van der Waals surface area contributed by atoms with Gasteiger partial charge in [-0.3, -0.25) is 0 Å². The second kappa shape index (κ2) is 7.17. The van der Waals surface area contributed by atoms with Crippen molar-refractivity contribution in [3.63, 3.8) is 0 Å². The highest BCUT2D eigenvalue weighted by molar-refractivity contribution is 5.82. The van der Waals surface area contributed by atoms with E-state index >= 15 is 0 Å². The second-order valence-corrected chi connectivity index (χ2v) is 4.46. The lowest BCUT2D eigenvalue weighted by Gasteiger charge is -2.27. The first-order chi connectivity index (χ1) is 8.54. The first-order valence-electron chi connectivity index (χ1n) is 5.97. The van der Waals surface area contributed by atoms with Gasteiger partial charge in [-0.15, -0.1) is 0 Å². The predicted molar refractivity (Wildman–Crippen MR) is 63.2 cm³/mol. The molecule has 1 rings (SSSR count). The highest BCUT2D eigenvalue weighted by Crippen LogP contribution is 2.15. The van der Waals surface area contributed by atoms with Crippen LogP contribution < -0.4 is 5.32 Å². The van der Waals surface area contributed by atoms with Gasteiger partial charge in [-0.05, 0) is 18.8 Å². The first-order valence-corrected chi connectivity index (χ1v) is 5.97. The van der Waals surface area contributed by atoms with Crippen LogP contribution in [0.2, 0.25) is 0 Å².